The highest BCUT2D eigenvalue weighted by atomic mass is 16.5. The van der Waals surface area contributed by atoms with Crippen LogP contribution in [0.25, 0.3) is 10.9 Å². The Morgan fingerprint density at radius 2 is 1.97 bits per heavy atom. The fourth-order valence-electron chi connectivity index (χ4n) is 4.21. The van der Waals surface area contributed by atoms with Crippen LogP contribution in [0.1, 0.15) is 35.5 Å². The second-order valence-electron chi connectivity index (χ2n) is 7.90. The molecule has 0 bridgehead atoms. The molecule has 0 radical (unpaired) electrons. The summed E-state index contributed by atoms with van der Waals surface area (Å²) < 4.78 is 5.70. The van der Waals surface area contributed by atoms with E-state index in [1.807, 2.05) is 32.0 Å². The van der Waals surface area contributed by atoms with Gasteiger partial charge in [-0.1, -0.05) is 12.1 Å². The van der Waals surface area contributed by atoms with E-state index in [1.165, 1.54) is 0 Å². The SMILES string of the molecule is COc1cc2nc(C)nc(N[C@H](C)c3cccc(C#N)c3C)c2cc1N1CCNCC1. The van der Waals surface area contributed by atoms with E-state index in [-0.39, 0.29) is 6.04 Å². The van der Waals surface area contributed by atoms with E-state index >= 15 is 0 Å². The molecule has 0 amide bonds. The van der Waals surface area contributed by atoms with Gasteiger partial charge in [-0.25, -0.2) is 9.97 Å². The molecule has 1 aromatic heterocycles. The zero-order valence-electron chi connectivity index (χ0n) is 18.5. The first-order valence-corrected chi connectivity index (χ1v) is 10.6. The lowest BCUT2D eigenvalue weighted by atomic mass is 9.98. The van der Waals surface area contributed by atoms with Crippen molar-refractivity contribution in [2.24, 2.45) is 0 Å². The third kappa shape index (κ3) is 4.12. The standard InChI is InChI=1S/C24H28N6O/c1-15-18(14-25)6-5-7-19(15)16(2)27-24-20-12-22(30-10-8-26-9-11-30)23(31-4)13-21(20)28-17(3)29-24/h5-7,12-13,16,26H,8-11H2,1-4H3,(H,27,28,29)/t16-/m1/s1. The van der Waals surface area contributed by atoms with Gasteiger partial charge in [0.1, 0.15) is 17.4 Å². The number of methoxy groups -OCH3 is 1. The number of piperazine rings is 1. The Labute approximate surface area is 183 Å². The van der Waals surface area contributed by atoms with Crippen molar-refractivity contribution in [3.8, 4) is 11.8 Å². The number of aryl methyl sites for hydroxylation is 1. The fourth-order valence-corrected chi connectivity index (χ4v) is 4.21. The van der Waals surface area contributed by atoms with Crippen LogP contribution in [0.5, 0.6) is 5.75 Å². The minimum atomic E-state index is -0.0180. The van der Waals surface area contributed by atoms with Gasteiger partial charge in [-0.2, -0.15) is 5.26 Å². The average Bonchev–Trinajstić information content (AvgIpc) is 2.78. The molecule has 0 unspecified atom stereocenters. The van der Waals surface area contributed by atoms with Crippen molar-refractivity contribution in [3.05, 3.63) is 52.8 Å². The number of anilines is 2. The number of fused-ring (bicyclic) bond motifs is 1. The number of hydrogen-bond donors (Lipinski definition) is 2. The van der Waals surface area contributed by atoms with Crippen molar-refractivity contribution in [3.63, 3.8) is 0 Å². The lowest BCUT2D eigenvalue weighted by Crippen LogP contribution is -2.43. The van der Waals surface area contributed by atoms with Crippen molar-refractivity contribution in [1.29, 1.82) is 5.26 Å². The predicted molar refractivity (Wildman–Crippen MR) is 124 cm³/mol. The summed E-state index contributed by atoms with van der Waals surface area (Å²) in [5.41, 5.74) is 4.67. The van der Waals surface area contributed by atoms with Crippen LogP contribution in [-0.4, -0.2) is 43.3 Å². The summed E-state index contributed by atoms with van der Waals surface area (Å²) in [5, 5.41) is 17.3. The number of hydrogen-bond acceptors (Lipinski definition) is 7. The van der Waals surface area contributed by atoms with E-state index in [0.29, 0.717) is 11.4 Å². The highest BCUT2D eigenvalue weighted by molar-refractivity contribution is 5.94. The Bertz CT molecular complexity index is 1150. The molecule has 7 nitrogen and oxygen atoms in total. The maximum absolute atomic E-state index is 9.38. The number of ether oxygens (including phenoxy) is 1. The molecular formula is C24H28N6O. The largest absolute Gasteiger partial charge is 0.495 e. The molecular weight excluding hydrogens is 388 g/mol. The van der Waals surface area contributed by atoms with Gasteiger partial charge < -0.3 is 20.3 Å². The van der Waals surface area contributed by atoms with E-state index in [1.54, 1.807) is 7.11 Å². The molecule has 1 aliphatic rings. The minimum absolute atomic E-state index is 0.0180. The number of rotatable bonds is 5. The molecule has 160 valence electrons. The molecule has 0 saturated carbocycles. The van der Waals surface area contributed by atoms with Crippen LogP contribution in [0.4, 0.5) is 11.5 Å². The summed E-state index contributed by atoms with van der Waals surface area (Å²) in [7, 11) is 1.70. The monoisotopic (exact) mass is 416 g/mol. The molecule has 3 aromatic rings. The third-order valence-electron chi connectivity index (χ3n) is 5.88. The van der Waals surface area contributed by atoms with Gasteiger partial charge in [0.05, 0.1) is 36.0 Å². The quantitative estimate of drug-likeness (QED) is 0.656. The van der Waals surface area contributed by atoms with Crippen molar-refractivity contribution >= 4 is 22.4 Å². The first kappa shape index (κ1) is 20.9. The van der Waals surface area contributed by atoms with Gasteiger partial charge >= 0.3 is 0 Å². The number of nitrogens with one attached hydrogen (secondary N) is 2. The van der Waals surface area contributed by atoms with Crippen molar-refractivity contribution in [2.75, 3.05) is 43.5 Å². The van der Waals surface area contributed by atoms with Gasteiger partial charge in [0, 0.05) is 37.6 Å². The van der Waals surface area contributed by atoms with Gasteiger partial charge in [0.2, 0.25) is 0 Å². The fraction of sp³-hybridized carbons (Fsp3) is 0.375. The van der Waals surface area contributed by atoms with Crippen LogP contribution >= 0.6 is 0 Å². The number of benzene rings is 2. The number of nitriles is 1. The van der Waals surface area contributed by atoms with Crippen LogP contribution in [-0.2, 0) is 0 Å². The van der Waals surface area contributed by atoms with E-state index in [0.717, 1.165) is 65.5 Å². The van der Waals surface area contributed by atoms with E-state index < -0.39 is 0 Å². The summed E-state index contributed by atoms with van der Waals surface area (Å²) in [5.74, 6) is 2.31. The van der Waals surface area contributed by atoms with Gasteiger partial charge in [-0.15, -0.1) is 0 Å². The van der Waals surface area contributed by atoms with Gasteiger partial charge in [0.25, 0.3) is 0 Å². The van der Waals surface area contributed by atoms with Gasteiger partial charge in [0.15, 0.2) is 0 Å². The normalized spacial score (nSPS) is 14.9. The molecule has 2 heterocycles. The molecule has 1 atom stereocenters. The molecule has 1 saturated heterocycles. The number of nitrogens with zero attached hydrogens (tertiary/aromatic N) is 4. The second-order valence-corrected chi connectivity index (χ2v) is 7.90. The zero-order valence-corrected chi connectivity index (χ0v) is 18.5. The Hall–Kier alpha value is -3.37. The Morgan fingerprint density at radius 1 is 1.19 bits per heavy atom. The Kier molecular flexibility index (Phi) is 5.92. The van der Waals surface area contributed by atoms with Crippen molar-refractivity contribution < 1.29 is 4.74 Å². The topological polar surface area (TPSA) is 86.1 Å². The van der Waals surface area contributed by atoms with Crippen LogP contribution in [0.15, 0.2) is 30.3 Å². The lowest BCUT2D eigenvalue weighted by molar-refractivity contribution is 0.413. The first-order chi connectivity index (χ1) is 15.0. The van der Waals surface area contributed by atoms with E-state index in [2.05, 4.69) is 45.6 Å². The van der Waals surface area contributed by atoms with Crippen LogP contribution in [0.3, 0.4) is 0 Å². The first-order valence-electron chi connectivity index (χ1n) is 10.6. The maximum atomic E-state index is 9.38. The molecule has 2 N–H and O–H groups in total. The lowest BCUT2D eigenvalue weighted by Gasteiger charge is -2.31. The molecule has 1 fully saturated rings. The molecule has 31 heavy (non-hydrogen) atoms. The highest BCUT2D eigenvalue weighted by Crippen LogP contribution is 2.36. The summed E-state index contributed by atoms with van der Waals surface area (Å²) >= 11 is 0. The second kappa shape index (κ2) is 8.78. The van der Waals surface area contributed by atoms with Gasteiger partial charge in [-0.05, 0) is 44.0 Å². The van der Waals surface area contributed by atoms with Crippen LogP contribution in [0, 0.1) is 25.2 Å². The maximum Gasteiger partial charge on any atom is 0.144 e. The summed E-state index contributed by atoms with van der Waals surface area (Å²) in [6.07, 6.45) is 0. The van der Waals surface area contributed by atoms with Gasteiger partial charge in [-0.3, -0.25) is 0 Å². The minimum Gasteiger partial charge on any atom is -0.495 e. The molecule has 7 heteroatoms. The van der Waals surface area contributed by atoms with Crippen molar-refractivity contribution in [1.82, 2.24) is 15.3 Å². The highest BCUT2D eigenvalue weighted by Gasteiger charge is 2.19. The zero-order chi connectivity index (χ0) is 22.0. The van der Waals surface area contributed by atoms with Crippen LogP contribution < -0.4 is 20.3 Å². The Balaban J connectivity index is 1.77. The van der Waals surface area contributed by atoms with E-state index in [4.69, 9.17) is 9.72 Å². The average molecular weight is 417 g/mol. The van der Waals surface area contributed by atoms with Crippen molar-refractivity contribution in [2.45, 2.75) is 26.8 Å². The third-order valence-corrected chi connectivity index (χ3v) is 5.88. The van der Waals surface area contributed by atoms with Crippen LogP contribution in [0.2, 0.25) is 0 Å². The Morgan fingerprint density at radius 3 is 2.68 bits per heavy atom. The number of aromatic nitrogens is 2. The summed E-state index contributed by atoms with van der Waals surface area (Å²) in [6, 6.07) is 12.2. The molecule has 4 rings (SSSR count). The smallest absolute Gasteiger partial charge is 0.144 e. The van der Waals surface area contributed by atoms with E-state index in [9.17, 15) is 5.26 Å². The molecule has 1 aliphatic heterocycles. The molecule has 2 aromatic carbocycles. The summed E-state index contributed by atoms with van der Waals surface area (Å²) in [6.45, 7) is 9.72. The molecule has 0 aliphatic carbocycles. The summed E-state index contributed by atoms with van der Waals surface area (Å²) in [4.78, 5) is 11.7. The predicted octanol–water partition coefficient (Wildman–Crippen LogP) is 3.71. The molecule has 0 spiro atoms.